The number of nitrogens with one attached hydrogen (secondary N) is 2. The number of carbonyl (C=O) groups excluding carboxylic acids is 1. The highest BCUT2D eigenvalue weighted by Crippen LogP contribution is 2.28. The molecule has 2 rings (SSSR count). The smallest absolute Gasteiger partial charge is 0.313 e. The van der Waals surface area contributed by atoms with Gasteiger partial charge >= 0.3 is 5.97 Å². The van der Waals surface area contributed by atoms with Crippen LogP contribution in [0.3, 0.4) is 0 Å². The number of hydrogen-bond acceptors (Lipinski definition) is 4. The summed E-state index contributed by atoms with van der Waals surface area (Å²) in [5.41, 5.74) is 0.436. The first-order chi connectivity index (χ1) is 10.5. The summed E-state index contributed by atoms with van der Waals surface area (Å²) in [6, 6.07) is 4.29. The number of carboxylic acid groups (broad SMARTS) is 1. The number of hydrogen-bond donors (Lipinski definition) is 3. The Labute approximate surface area is 130 Å². The van der Waals surface area contributed by atoms with E-state index in [9.17, 15) is 14.0 Å². The van der Waals surface area contributed by atoms with E-state index in [2.05, 4.69) is 10.3 Å². The molecular formula is C14H15FN2O4S. The standard InChI is InChI=1S/C14H15FN2O4S/c1-21-11-3-2-9(15)13-8(11)6-10(17-13)14(20)16-4-5-22-7-12(18)19/h2-3,6,17H,4-5,7H2,1H3,(H,16,20)(H,18,19). The molecule has 8 heteroatoms. The van der Waals surface area contributed by atoms with E-state index in [0.717, 1.165) is 0 Å². The van der Waals surface area contributed by atoms with Crippen LogP contribution in [0.25, 0.3) is 10.9 Å². The van der Waals surface area contributed by atoms with Crippen LogP contribution in [0.4, 0.5) is 4.39 Å². The molecule has 1 heterocycles. The summed E-state index contributed by atoms with van der Waals surface area (Å²) in [6.07, 6.45) is 0. The number of aromatic nitrogens is 1. The number of H-pyrrole nitrogens is 1. The highest BCUT2D eigenvalue weighted by Gasteiger charge is 2.14. The highest BCUT2D eigenvalue weighted by molar-refractivity contribution is 7.99. The van der Waals surface area contributed by atoms with Gasteiger partial charge in [-0.05, 0) is 18.2 Å². The molecule has 3 N–H and O–H groups in total. The second-order valence-corrected chi connectivity index (χ2v) is 5.53. The molecule has 1 aromatic heterocycles. The predicted octanol–water partition coefficient (Wildman–Crippen LogP) is 1.86. The molecule has 0 aliphatic rings. The van der Waals surface area contributed by atoms with Gasteiger partial charge in [0, 0.05) is 17.7 Å². The maximum absolute atomic E-state index is 13.7. The van der Waals surface area contributed by atoms with E-state index in [-0.39, 0.29) is 22.9 Å². The molecule has 0 bridgehead atoms. The van der Waals surface area contributed by atoms with E-state index in [4.69, 9.17) is 9.84 Å². The Morgan fingerprint density at radius 3 is 2.91 bits per heavy atom. The zero-order valence-corrected chi connectivity index (χ0v) is 12.6. The van der Waals surface area contributed by atoms with E-state index in [1.54, 1.807) is 0 Å². The fourth-order valence-corrected chi connectivity index (χ4v) is 2.52. The minimum absolute atomic E-state index is 0.00926. The molecule has 6 nitrogen and oxygen atoms in total. The number of amides is 1. The van der Waals surface area contributed by atoms with Crippen LogP contribution in [-0.4, -0.2) is 47.1 Å². The molecule has 0 fully saturated rings. The van der Waals surface area contributed by atoms with Crippen molar-refractivity contribution in [2.45, 2.75) is 0 Å². The quantitative estimate of drug-likeness (QED) is 0.676. The van der Waals surface area contributed by atoms with Crippen LogP contribution in [-0.2, 0) is 4.79 Å². The lowest BCUT2D eigenvalue weighted by molar-refractivity contribution is -0.133. The number of halogens is 1. The van der Waals surface area contributed by atoms with Crippen molar-refractivity contribution in [2.75, 3.05) is 25.2 Å². The number of rotatable bonds is 7. The Morgan fingerprint density at radius 1 is 1.45 bits per heavy atom. The molecule has 22 heavy (non-hydrogen) atoms. The number of carboxylic acids is 1. The Hall–Kier alpha value is -2.22. The van der Waals surface area contributed by atoms with Gasteiger partial charge in [0.1, 0.15) is 17.3 Å². The predicted molar refractivity (Wildman–Crippen MR) is 82.1 cm³/mol. The number of aromatic amines is 1. The van der Waals surface area contributed by atoms with Gasteiger partial charge in [0.25, 0.3) is 5.91 Å². The minimum atomic E-state index is -0.894. The topological polar surface area (TPSA) is 91.4 Å². The summed E-state index contributed by atoms with van der Waals surface area (Å²) in [7, 11) is 1.47. The number of benzene rings is 1. The number of ether oxygens (including phenoxy) is 1. The third kappa shape index (κ3) is 3.70. The Kier molecular flexibility index (Phi) is 5.26. The molecule has 0 aliphatic heterocycles. The first-order valence-electron chi connectivity index (χ1n) is 6.46. The van der Waals surface area contributed by atoms with Gasteiger partial charge in [-0.1, -0.05) is 0 Å². The molecular weight excluding hydrogens is 311 g/mol. The normalized spacial score (nSPS) is 10.6. The third-order valence-corrected chi connectivity index (χ3v) is 3.87. The highest BCUT2D eigenvalue weighted by atomic mass is 32.2. The van der Waals surface area contributed by atoms with Gasteiger partial charge in [0.05, 0.1) is 18.4 Å². The molecule has 0 unspecified atom stereocenters. The maximum atomic E-state index is 13.7. The van der Waals surface area contributed by atoms with Crippen LogP contribution < -0.4 is 10.1 Å². The lowest BCUT2D eigenvalue weighted by Gasteiger charge is -2.02. The van der Waals surface area contributed by atoms with E-state index in [1.165, 1.54) is 37.1 Å². The van der Waals surface area contributed by atoms with Gasteiger partial charge in [-0.25, -0.2) is 4.39 Å². The number of carbonyl (C=O) groups is 2. The molecule has 0 spiro atoms. The van der Waals surface area contributed by atoms with Crippen LogP contribution in [0.5, 0.6) is 5.75 Å². The van der Waals surface area contributed by atoms with Crippen molar-refractivity contribution < 1.29 is 23.8 Å². The lowest BCUT2D eigenvalue weighted by Crippen LogP contribution is -2.26. The Balaban J connectivity index is 2.03. The van der Waals surface area contributed by atoms with Crippen LogP contribution in [0.2, 0.25) is 0 Å². The second kappa shape index (κ2) is 7.17. The van der Waals surface area contributed by atoms with Gasteiger partial charge in [-0.2, -0.15) is 0 Å². The SMILES string of the molecule is COc1ccc(F)c2[nH]c(C(=O)NCCSCC(=O)O)cc12. The average Bonchev–Trinajstić information content (AvgIpc) is 2.93. The van der Waals surface area contributed by atoms with Crippen LogP contribution in [0.15, 0.2) is 18.2 Å². The van der Waals surface area contributed by atoms with Crippen molar-refractivity contribution in [3.63, 3.8) is 0 Å². The van der Waals surface area contributed by atoms with Crippen molar-refractivity contribution in [1.82, 2.24) is 10.3 Å². The minimum Gasteiger partial charge on any atom is -0.496 e. The fourth-order valence-electron chi connectivity index (χ4n) is 1.95. The Morgan fingerprint density at radius 2 is 2.23 bits per heavy atom. The summed E-state index contributed by atoms with van der Waals surface area (Å²) in [5, 5.41) is 11.6. The van der Waals surface area contributed by atoms with Gasteiger partial charge in [-0.15, -0.1) is 11.8 Å². The molecule has 0 saturated heterocycles. The summed E-state index contributed by atoms with van der Waals surface area (Å²) >= 11 is 1.21. The van der Waals surface area contributed by atoms with Crippen molar-refractivity contribution >= 4 is 34.5 Å². The summed E-state index contributed by atoms with van der Waals surface area (Å²) in [4.78, 5) is 25.1. The number of aliphatic carboxylic acids is 1. The van der Waals surface area contributed by atoms with Crippen molar-refractivity contribution in [2.24, 2.45) is 0 Å². The third-order valence-electron chi connectivity index (χ3n) is 2.93. The van der Waals surface area contributed by atoms with Crippen LogP contribution in [0.1, 0.15) is 10.5 Å². The van der Waals surface area contributed by atoms with Gasteiger partial charge in [0.2, 0.25) is 0 Å². The van der Waals surface area contributed by atoms with Gasteiger partial charge in [-0.3, -0.25) is 9.59 Å². The fraction of sp³-hybridized carbons (Fsp3) is 0.286. The summed E-state index contributed by atoms with van der Waals surface area (Å²) in [6.45, 7) is 0.325. The molecule has 2 aromatic rings. The van der Waals surface area contributed by atoms with Gasteiger partial charge in [0.15, 0.2) is 0 Å². The molecule has 1 aromatic carbocycles. The van der Waals surface area contributed by atoms with Crippen LogP contribution in [0, 0.1) is 5.82 Å². The first-order valence-corrected chi connectivity index (χ1v) is 7.61. The van der Waals surface area contributed by atoms with Gasteiger partial charge < -0.3 is 20.1 Å². The summed E-state index contributed by atoms with van der Waals surface area (Å²) in [5.74, 6) is -0.792. The average molecular weight is 326 g/mol. The number of thioether (sulfide) groups is 1. The van der Waals surface area contributed by atoms with E-state index in [1.807, 2.05) is 0 Å². The largest absolute Gasteiger partial charge is 0.496 e. The second-order valence-electron chi connectivity index (χ2n) is 4.42. The molecule has 0 aliphatic carbocycles. The monoisotopic (exact) mass is 326 g/mol. The zero-order valence-electron chi connectivity index (χ0n) is 11.8. The maximum Gasteiger partial charge on any atom is 0.313 e. The van der Waals surface area contributed by atoms with E-state index in [0.29, 0.717) is 23.4 Å². The van der Waals surface area contributed by atoms with Crippen molar-refractivity contribution in [3.8, 4) is 5.75 Å². The lowest BCUT2D eigenvalue weighted by atomic mass is 10.2. The summed E-state index contributed by atoms with van der Waals surface area (Å²) < 4.78 is 18.9. The zero-order chi connectivity index (χ0) is 16.1. The van der Waals surface area contributed by atoms with Crippen molar-refractivity contribution in [3.05, 3.63) is 29.7 Å². The molecule has 0 radical (unpaired) electrons. The Bertz CT molecular complexity index is 701. The molecule has 118 valence electrons. The molecule has 1 amide bonds. The number of fused-ring (bicyclic) bond motifs is 1. The first kappa shape index (κ1) is 16.2. The van der Waals surface area contributed by atoms with E-state index >= 15 is 0 Å². The number of methoxy groups -OCH3 is 1. The molecule has 0 atom stereocenters. The molecule has 0 saturated carbocycles. The van der Waals surface area contributed by atoms with Crippen LogP contribution >= 0.6 is 11.8 Å². The van der Waals surface area contributed by atoms with E-state index < -0.39 is 11.8 Å². The van der Waals surface area contributed by atoms with Crippen molar-refractivity contribution in [1.29, 1.82) is 0 Å².